The molecule has 4 heteroatoms. The summed E-state index contributed by atoms with van der Waals surface area (Å²) in [6, 6.07) is 17.1. The summed E-state index contributed by atoms with van der Waals surface area (Å²) >= 11 is 0. The molecular formula is C18H20N2O2. The van der Waals surface area contributed by atoms with E-state index < -0.39 is 0 Å². The smallest absolute Gasteiger partial charge is 0.228 e. The number of benzene rings is 2. The number of carbonyl (C=O) groups is 1. The Morgan fingerprint density at radius 1 is 1.09 bits per heavy atom. The van der Waals surface area contributed by atoms with Crippen molar-refractivity contribution in [1.82, 2.24) is 4.90 Å². The van der Waals surface area contributed by atoms with E-state index in [0.717, 1.165) is 36.7 Å². The van der Waals surface area contributed by atoms with Gasteiger partial charge in [0.2, 0.25) is 5.91 Å². The number of rotatable bonds is 4. The van der Waals surface area contributed by atoms with Crippen LogP contribution in [0.25, 0.3) is 0 Å². The number of hydrogen-bond donors (Lipinski definition) is 1. The lowest BCUT2D eigenvalue weighted by atomic mass is 10.1. The average molecular weight is 296 g/mol. The third-order valence-corrected chi connectivity index (χ3v) is 3.86. The molecule has 1 heterocycles. The van der Waals surface area contributed by atoms with E-state index in [1.807, 2.05) is 61.6 Å². The van der Waals surface area contributed by atoms with E-state index in [2.05, 4.69) is 10.2 Å². The van der Waals surface area contributed by atoms with Gasteiger partial charge in [0.1, 0.15) is 11.5 Å². The van der Waals surface area contributed by atoms with E-state index in [1.165, 1.54) is 0 Å². The van der Waals surface area contributed by atoms with Crippen molar-refractivity contribution < 1.29 is 9.53 Å². The van der Waals surface area contributed by atoms with Crippen molar-refractivity contribution >= 4 is 11.6 Å². The Hall–Kier alpha value is -2.33. The van der Waals surface area contributed by atoms with Gasteiger partial charge in [0.15, 0.2) is 0 Å². The number of para-hydroxylation sites is 1. The van der Waals surface area contributed by atoms with E-state index in [0.29, 0.717) is 0 Å². The maximum Gasteiger partial charge on any atom is 0.228 e. The van der Waals surface area contributed by atoms with Crippen LogP contribution in [0.4, 0.5) is 5.69 Å². The monoisotopic (exact) mass is 296 g/mol. The Kier molecular flexibility index (Phi) is 4.39. The number of amides is 1. The van der Waals surface area contributed by atoms with Crippen LogP contribution in [0.1, 0.15) is 6.42 Å². The van der Waals surface area contributed by atoms with Crippen molar-refractivity contribution in [3.63, 3.8) is 0 Å². The van der Waals surface area contributed by atoms with Crippen molar-refractivity contribution in [1.29, 1.82) is 0 Å². The molecule has 0 spiro atoms. The number of carbonyl (C=O) groups excluding carboxylic acids is 1. The van der Waals surface area contributed by atoms with Gasteiger partial charge in [-0.3, -0.25) is 4.79 Å². The molecule has 3 rings (SSSR count). The van der Waals surface area contributed by atoms with Crippen LogP contribution in [0.2, 0.25) is 0 Å². The summed E-state index contributed by atoms with van der Waals surface area (Å²) in [4.78, 5) is 14.3. The van der Waals surface area contributed by atoms with Gasteiger partial charge in [-0.2, -0.15) is 0 Å². The minimum atomic E-state index is 0.0882. The van der Waals surface area contributed by atoms with Gasteiger partial charge in [-0.15, -0.1) is 0 Å². The topological polar surface area (TPSA) is 41.6 Å². The highest BCUT2D eigenvalue weighted by Gasteiger charge is 2.25. The zero-order valence-electron chi connectivity index (χ0n) is 12.7. The SMILES string of the molecule is CN1CCC(C(=O)Nc2ccc(Oc3ccccc3)cc2)C1. The number of nitrogens with zero attached hydrogens (tertiary/aromatic N) is 1. The summed E-state index contributed by atoms with van der Waals surface area (Å²) in [6.45, 7) is 1.82. The molecule has 1 aliphatic rings. The molecule has 1 saturated heterocycles. The summed E-state index contributed by atoms with van der Waals surface area (Å²) < 4.78 is 5.73. The van der Waals surface area contributed by atoms with Crippen molar-refractivity contribution in [2.45, 2.75) is 6.42 Å². The van der Waals surface area contributed by atoms with E-state index in [9.17, 15) is 4.79 Å². The van der Waals surface area contributed by atoms with Crippen LogP contribution in [0.3, 0.4) is 0 Å². The van der Waals surface area contributed by atoms with Crippen LogP contribution in [0.15, 0.2) is 54.6 Å². The number of anilines is 1. The first kappa shape index (κ1) is 14.6. The first-order chi connectivity index (χ1) is 10.7. The molecule has 4 nitrogen and oxygen atoms in total. The second-order valence-electron chi connectivity index (χ2n) is 5.68. The van der Waals surface area contributed by atoms with Gasteiger partial charge in [-0.1, -0.05) is 18.2 Å². The molecule has 0 bridgehead atoms. The molecule has 2 aromatic rings. The number of ether oxygens (including phenoxy) is 1. The van der Waals surface area contributed by atoms with Gasteiger partial charge in [0, 0.05) is 12.2 Å². The van der Waals surface area contributed by atoms with Crippen molar-refractivity contribution in [2.24, 2.45) is 5.92 Å². The number of likely N-dealkylation sites (tertiary alicyclic amines) is 1. The number of nitrogens with one attached hydrogen (secondary N) is 1. The zero-order valence-corrected chi connectivity index (χ0v) is 12.7. The van der Waals surface area contributed by atoms with Crippen LogP contribution >= 0.6 is 0 Å². The van der Waals surface area contributed by atoms with Crippen molar-refractivity contribution in [3.8, 4) is 11.5 Å². The van der Waals surface area contributed by atoms with Crippen LogP contribution in [-0.2, 0) is 4.79 Å². The minimum absolute atomic E-state index is 0.0882. The Balaban J connectivity index is 1.58. The van der Waals surface area contributed by atoms with Crippen molar-refractivity contribution in [2.75, 3.05) is 25.5 Å². The Morgan fingerprint density at radius 2 is 1.77 bits per heavy atom. The fourth-order valence-corrected chi connectivity index (χ4v) is 2.62. The van der Waals surface area contributed by atoms with Crippen LogP contribution in [0.5, 0.6) is 11.5 Å². The third-order valence-electron chi connectivity index (χ3n) is 3.86. The molecule has 0 aliphatic carbocycles. The maximum atomic E-state index is 12.2. The van der Waals surface area contributed by atoms with Gasteiger partial charge in [0.05, 0.1) is 5.92 Å². The summed E-state index contributed by atoms with van der Waals surface area (Å²) in [7, 11) is 2.04. The first-order valence-electron chi connectivity index (χ1n) is 7.53. The molecule has 0 aromatic heterocycles. The molecule has 0 saturated carbocycles. The molecule has 2 aromatic carbocycles. The lowest BCUT2D eigenvalue weighted by Gasteiger charge is -2.12. The van der Waals surface area contributed by atoms with Gasteiger partial charge in [-0.05, 0) is 56.4 Å². The summed E-state index contributed by atoms with van der Waals surface area (Å²) in [5.74, 6) is 1.74. The quantitative estimate of drug-likeness (QED) is 0.940. The number of hydrogen-bond acceptors (Lipinski definition) is 3. The normalized spacial score (nSPS) is 18.1. The molecule has 1 amide bonds. The van der Waals surface area contributed by atoms with Crippen LogP contribution in [-0.4, -0.2) is 30.9 Å². The van der Waals surface area contributed by atoms with Crippen LogP contribution < -0.4 is 10.1 Å². The Labute approximate surface area is 130 Å². The molecule has 1 unspecified atom stereocenters. The molecule has 114 valence electrons. The highest BCUT2D eigenvalue weighted by Crippen LogP contribution is 2.23. The molecule has 1 fully saturated rings. The Morgan fingerprint density at radius 3 is 2.41 bits per heavy atom. The fraction of sp³-hybridized carbons (Fsp3) is 0.278. The second kappa shape index (κ2) is 6.62. The zero-order chi connectivity index (χ0) is 15.4. The third kappa shape index (κ3) is 3.65. The van der Waals surface area contributed by atoms with Crippen molar-refractivity contribution in [3.05, 3.63) is 54.6 Å². The van der Waals surface area contributed by atoms with Gasteiger partial charge < -0.3 is 15.0 Å². The fourth-order valence-electron chi connectivity index (χ4n) is 2.62. The van der Waals surface area contributed by atoms with Gasteiger partial charge in [0.25, 0.3) is 0 Å². The molecule has 1 N–H and O–H groups in total. The highest BCUT2D eigenvalue weighted by atomic mass is 16.5. The standard InChI is InChI=1S/C18H20N2O2/c1-20-12-11-14(13-20)18(21)19-15-7-9-17(10-8-15)22-16-5-3-2-4-6-16/h2-10,14H,11-13H2,1H3,(H,19,21). The van der Waals surface area contributed by atoms with Crippen LogP contribution in [0, 0.1) is 5.92 Å². The van der Waals surface area contributed by atoms with E-state index in [1.54, 1.807) is 0 Å². The average Bonchev–Trinajstić information content (AvgIpc) is 2.97. The molecular weight excluding hydrogens is 276 g/mol. The van der Waals surface area contributed by atoms with E-state index in [-0.39, 0.29) is 11.8 Å². The first-order valence-corrected chi connectivity index (χ1v) is 7.53. The largest absolute Gasteiger partial charge is 0.457 e. The predicted octanol–water partition coefficient (Wildman–Crippen LogP) is 3.37. The summed E-state index contributed by atoms with van der Waals surface area (Å²) in [5, 5.41) is 2.97. The van der Waals surface area contributed by atoms with E-state index >= 15 is 0 Å². The second-order valence-corrected chi connectivity index (χ2v) is 5.68. The molecule has 22 heavy (non-hydrogen) atoms. The summed E-state index contributed by atoms with van der Waals surface area (Å²) in [6.07, 6.45) is 0.928. The highest BCUT2D eigenvalue weighted by molar-refractivity contribution is 5.92. The van der Waals surface area contributed by atoms with E-state index in [4.69, 9.17) is 4.74 Å². The lowest BCUT2D eigenvalue weighted by Crippen LogP contribution is -2.25. The molecule has 0 radical (unpaired) electrons. The van der Waals surface area contributed by atoms with Gasteiger partial charge in [-0.25, -0.2) is 0 Å². The molecule has 1 atom stereocenters. The minimum Gasteiger partial charge on any atom is -0.457 e. The Bertz CT molecular complexity index is 625. The predicted molar refractivity (Wildman–Crippen MR) is 87.2 cm³/mol. The maximum absolute atomic E-state index is 12.2. The summed E-state index contributed by atoms with van der Waals surface area (Å²) in [5.41, 5.74) is 0.806. The lowest BCUT2D eigenvalue weighted by molar-refractivity contribution is -0.119. The van der Waals surface area contributed by atoms with Gasteiger partial charge >= 0.3 is 0 Å². The molecule has 1 aliphatic heterocycles.